The number of nitrogens with one attached hydrogen (secondary N) is 1. The molecule has 3 rings (SSSR count). The molecular formula is C18H21N5O+2. The smallest absolute Gasteiger partial charge is 0.251 e. The highest BCUT2D eigenvalue weighted by molar-refractivity contribution is 5.94. The number of aliphatic imine (C=N–C) groups is 1. The van der Waals surface area contributed by atoms with Gasteiger partial charge in [0.25, 0.3) is 5.91 Å². The highest BCUT2D eigenvalue weighted by Gasteiger charge is 2.13. The second kappa shape index (κ2) is 7.50. The second-order valence-corrected chi connectivity index (χ2v) is 5.58. The minimum Gasteiger partial charge on any atom is -0.399 e. The molecule has 24 heavy (non-hydrogen) atoms. The molecule has 122 valence electrons. The molecule has 0 atom stereocenters. The van der Waals surface area contributed by atoms with Gasteiger partial charge in [0.05, 0.1) is 13.0 Å². The molecule has 1 aromatic heterocycles. The molecule has 0 radical (unpaired) electrons. The Labute approximate surface area is 141 Å². The number of aromatic nitrogens is 2. The van der Waals surface area contributed by atoms with Crippen LogP contribution < -0.4 is 20.2 Å². The van der Waals surface area contributed by atoms with Crippen LogP contribution in [0.4, 0.5) is 5.69 Å². The summed E-state index contributed by atoms with van der Waals surface area (Å²) in [5.74, 6) is -0.0896. The van der Waals surface area contributed by atoms with Gasteiger partial charge in [0.2, 0.25) is 24.8 Å². The summed E-state index contributed by atoms with van der Waals surface area (Å²) in [6.45, 7) is 2.11. The van der Waals surface area contributed by atoms with Crippen molar-refractivity contribution >= 4 is 23.5 Å². The van der Waals surface area contributed by atoms with Gasteiger partial charge in [0.15, 0.2) is 12.2 Å². The number of allylic oxidation sites excluding steroid dienone is 1. The van der Waals surface area contributed by atoms with Crippen molar-refractivity contribution in [2.24, 2.45) is 4.99 Å². The van der Waals surface area contributed by atoms with E-state index in [1.165, 1.54) is 5.70 Å². The summed E-state index contributed by atoms with van der Waals surface area (Å²) in [7, 11) is 0. The van der Waals surface area contributed by atoms with E-state index in [1.807, 2.05) is 41.6 Å². The number of anilines is 1. The first-order chi connectivity index (χ1) is 11.7. The van der Waals surface area contributed by atoms with Crippen molar-refractivity contribution in [1.82, 2.24) is 5.32 Å². The van der Waals surface area contributed by atoms with Crippen molar-refractivity contribution in [3.63, 3.8) is 0 Å². The Morgan fingerprint density at radius 3 is 2.58 bits per heavy atom. The minimum atomic E-state index is -0.0896. The van der Waals surface area contributed by atoms with E-state index in [1.54, 1.807) is 24.3 Å². The molecule has 2 aromatic rings. The van der Waals surface area contributed by atoms with Crippen molar-refractivity contribution in [3.05, 3.63) is 60.7 Å². The van der Waals surface area contributed by atoms with Crippen molar-refractivity contribution in [3.8, 4) is 0 Å². The molecule has 0 unspecified atom stereocenters. The van der Waals surface area contributed by atoms with E-state index in [4.69, 9.17) is 5.73 Å². The van der Waals surface area contributed by atoms with E-state index in [9.17, 15) is 4.79 Å². The Bertz CT molecular complexity index is 763. The number of nitrogens with two attached hydrogens (primary N) is 1. The summed E-state index contributed by atoms with van der Waals surface area (Å²) in [5.41, 5.74) is 8.12. The highest BCUT2D eigenvalue weighted by Crippen LogP contribution is 2.05. The molecule has 1 aliphatic heterocycles. The fraction of sp³-hybridized carbons (Fsp3) is 0.222. The maximum Gasteiger partial charge on any atom is 0.251 e. The Morgan fingerprint density at radius 1 is 1.17 bits per heavy atom. The van der Waals surface area contributed by atoms with E-state index < -0.39 is 0 Å². The lowest BCUT2D eigenvalue weighted by atomic mass is 10.2. The fourth-order valence-electron chi connectivity index (χ4n) is 2.48. The van der Waals surface area contributed by atoms with Crippen LogP contribution in [0.3, 0.4) is 0 Å². The Balaban J connectivity index is 1.51. The van der Waals surface area contributed by atoms with E-state index in [-0.39, 0.29) is 5.91 Å². The zero-order valence-corrected chi connectivity index (χ0v) is 13.4. The van der Waals surface area contributed by atoms with Gasteiger partial charge in [-0.3, -0.25) is 9.79 Å². The van der Waals surface area contributed by atoms with E-state index in [0.29, 0.717) is 24.3 Å². The molecule has 1 aromatic carbocycles. The molecule has 0 fully saturated rings. The number of carbonyl (C=O) groups is 1. The summed E-state index contributed by atoms with van der Waals surface area (Å²) < 4.78 is 4.13. The number of nitrogen functional groups attached to an aromatic ring is 1. The molecule has 6 nitrogen and oxygen atoms in total. The van der Waals surface area contributed by atoms with E-state index >= 15 is 0 Å². The molecular weight excluding hydrogens is 302 g/mol. The molecule has 0 spiro atoms. The third-order valence-electron chi connectivity index (χ3n) is 3.87. The lowest BCUT2D eigenvalue weighted by molar-refractivity contribution is -0.718. The van der Waals surface area contributed by atoms with Crippen molar-refractivity contribution in [1.29, 1.82) is 0 Å². The van der Waals surface area contributed by atoms with Gasteiger partial charge in [0, 0.05) is 30.1 Å². The predicted octanol–water partition coefficient (Wildman–Crippen LogP) is 0.589. The molecule has 0 bridgehead atoms. The maximum atomic E-state index is 12.0. The van der Waals surface area contributed by atoms with Crippen LogP contribution in [0.5, 0.6) is 0 Å². The summed E-state index contributed by atoms with van der Waals surface area (Å²) in [5, 5.41) is 2.91. The van der Waals surface area contributed by atoms with E-state index in [2.05, 4.69) is 14.9 Å². The van der Waals surface area contributed by atoms with Crippen molar-refractivity contribution < 1.29 is 13.9 Å². The van der Waals surface area contributed by atoms with Gasteiger partial charge in [0.1, 0.15) is 0 Å². The van der Waals surface area contributed by atoms with Crippen LogP contribution in [-0.2, 0) is 6.54 Å². The van der Waals surface area contributed by atoms with E-state index in [0.717, 1.165) is 13.0 Å². The average Bonchev–Trinajstić information content (AvgIpc) is 2.63. The quantitative estimate of drug-likeness (QED) is 0.624. The monoisotopic (exact) mass is 323 g/mol. The van der Waals surface area contributed by atoms with Crippen LogP contribution in [0.2, 0.25) is 0 Å². The lowest BCUT2D eigenvalue weighted by Crippen LogP contribution is -2.44. The normalized spacial score (nSPS) is 13.4. The van der Waals surface area contributed by atoms with Crippen molar-refractivity contribution in [2.45, 2.75) is 13.0 Å². The molecule has 2 heterocycles. The summed E-state index contributed by atoms with van der Waals surface area (Å²) >= 11 is 0. The van der Waals surface area contributed by atoms with Crippen molar-refractivity contribution in [2.75, 3.05) is 18.8 Å². The number of dihydropyridines is 1. The number of carbonyl (C=O) groups excluding carboxylic acids is 1. The van der Waals surface area contributed by atoms with Crippen LogP contribution in [0.1, 0.15) is 16.8 Å². The molecule has 3 N–H and O–H groups in total. The highest BCUT2D eigenvalue weighted by atomic mass is 16.1. The molecule has 6 heteroatoms. The standard InChI is InChI=1S/C18H20N5O/c19-16-3-1-15(2-4-16)18(24)21-9-10-22-11-13-23(14-12-22)17-5-7-20-8-6-17/h1-5,7,11-14H,6,8-10H2,(H2-,19,21,24)/q+1/p+1. The van der Waals surface area contributed by atoms with Gasteiger partial charge < -0.3 is 11.1 Å². The molecule has 1 aliphatic rings. The predicted molar refractivity (Wildman–Crippen MR) is 92.3 cm³/mol. The van der Waals surface area contributed by atoms with Crippen LogP contribution in [0.25, 0.3) is 5.70 Å². The minimum absolute atomic E-state index is 0.0896. The first-order valence-electron chi connectivity index (χ1n) is 7.96. The summed E-state index contributed by atoms with van der Waals surface area (Å²) in [6.07, 6.45) is 12.9. The number of hydrogen-bond acceptors (Lipinski definition) is 3. The van der Waals surface area contributed by atoms with Gasteiger partial charge >= 0.3 is 0 Å². The molecule has 0 saturated heterocycles. The lowest BCUT2D eigenvalue weighted by Gasteiger charge is -2.04. The Kier molecular flexibility index (Phi) is 4.96. The van der Waals surface area contributed by atoms with Gasteiger partial charge in [-0.15, -0.1) is 0 Å². The van der Waals surface area contributed by atoms with Gasteiger partial charge in [-0.1, -0.05) is 0 Å². The molecule has 0 aliphatic carbocycles. The van der Waals surface area contributed by atoms with Gasteiger partial charge in [-0.25, -0.2) is 0 Å². The number of amides is 1. The van der Waals surface area contributed by atoms with Crippen LogP contribution in [0, 0.1) is 0 Å². The summed E-state index contributed by atoms with van der Waals surface area (Å²) in [6, 6.07) is 6.91. The third kappa shape index (κ3) is 4.04. The van der Waals surface area contributed by atoms with Crippen LogP contribution in [-0.4, -0.2) is 25.2 Å². The van der Waals surface area contributed by atoms with Gasteiger partial charge in [-0.2, -0.15) is 9.13 Å². The number of nitrogens with zero attached hydrogens (tertiary/aromatic N) is 3. The summed E-state index contributed by atoms with van der Waals surface area (Å²) in [4.78, 5) is 16.2. The first-order valence-corrected chi connectivity index (χ1v) is 7.96. The van der Waals surface area contributed by atoms with Gasteiger partial charge in [-0.05, 0) is 24.3 Å². The van der Waals surface area contributed by atoms with Crippen LogP contribution in [0.15, 0.2) is 60.1 Å². The largest absolute Gasteiger partial charge is 0.399 e. The number of benzene rings is 1. The zero-order valence-electron chi connectivity index (χ0n) is 13.4. The molecule has 0 saturated carbocycles. The third-order valence-corrected chi connectivity index (χ3v) is 3.87. The Morgan fingerprint density at radius 2 is 1.92 bits per heavy atom. The molecule has 1 amide bonds. The Hall–Kier alpha value is -3.02. The maximum absolute atomic E-state index is 12.0. The fourth-order valence-corrected chi connectivity index (χ4v) is 2.48. The zero-order chi connectivity index (χ0) is 16.8. The number of hydrogen-bond donors (Lipinski definition) is 2. The number of rotatable bonds is 5. The SMILES string of the molecule is Nc1ccc(C(=O)NCC[n+]2cc[n+](C3=CC=NCC3)cc2)cc1. The average molecular weight is 323 g/mol. The topological polar surface area (TPSA) is 75.2 Å². The van der Waals surface area contributed by atoms with Crippen LogP contribution >= 0.6 is 0 Å². The first kappa shape index (κ1) is 15.9. The second-order valence-electron chi connectivity index (χ2n) is 5.58.